The number of piperidine rings is 1. The van der Waals surface area contributed by atoms with Crippen LogP contribution in [0.1, 0.15) is 32.1 Å². The van der Waals surface area contributed by atoms with Crippen molar-refractivity contribution >= 4 is 11.8 Å². The number of likely N-dealkylation sites (tertiary alicyclic amines) is 2. The lowest BCUT2D eigenvalue weighted by Gasteiger charge is -2.34. The summed E-state index contributed by atoms with van der Waals surface area (Å²) in [7, 11) is 0. The van der Waals surface area contributed by atoms with Gasteiger partial charge >= 0.3 is 0 Å². The minimum absolute atomic E-state index is 0.00381. The topological polar surface area (TPSA) is 78.7 Å². The number of nitrogens with one attached hydrogen (secondary N) is 1. The van der Waals surface area contributed by atoms with Crippen LogP contribution in [0, 0.1) is 0 Å². The Kier molecular flexibility index (Phi) is 3.94. The molecule has 3 heterocycles. The highest BCUT2D eigenvalue weighted by molar-refractivity contribution is 5.90. The molecule has 0 aromatic rings. The zero-order chi connectivity index (χ0) is 14.1. The van der Waals surface area contributed by atoms with E-state index < -0.39 is 0 Å². The van der Waals surface area contributed by atoms with E-state index in [0.717, 1.165) is 45.4 Å². The van der Waals surface area contributed by atoms with Gasteiger partial charge < -0.3 is 16.0 Å². The van der Waals surface area contributed by atoms with Crippen molar-refractivity contribution in [1.29, 1.82) is 0 Å². The van der Waals surface area contributed by atoms with Crippen LogP contribution in [0.5, 0.6) is 0 Å². The fourth-order valence-electron chi connectivity index (χ4n) is 3.54. The summed E-state index contributed by atoms with van der Waals surface area (Å²) in [5, 5.41) is 2.77. The number of hydrogen-bond acceptors (Lipinski definition) is 4. The van der Waals surface area contributed by atoms with Gasteiger partial charge in [-0.1, -0.05) is 0 Å². The molecule has 6 heteroatoms. The van der Waals surface area contributed by atoms with Crippen molar-refractivity contribution < 1.29 is 9.59 Å². The van der Waals surface area contributed by atoms with Crippen molar-refractivity contribution in [3.05, 3.63) is 0 Å². The maximum atomic E-state index is 12.3. The smallest absolute Gasteiger partial charge is 0.245 e. The Morgan fingerprint density at radius 2 is 1.90 bits per heavy atom. The van der Waals surface area contributed by atoms with E-state index in [-0.39, 0.29) is 17.9 Å². The van der Waals surface area contributed by atoms with Crippen molar-refractivity contribution in [1.82, 2.24) is 15.1 Å². The lowest BCUT2D eigenvalue weighted by Crippen LogP contribution is -2.48. The number of carbonyl (C=O) groups excluding carboxylic acids is 2. The van der Waals surface area contributed by atoms with Gasteiger partial charge in [-0.25, -0.2) is 0 Å². The molecule has 20 heavy (non-hydrogen) atoms. The largest absolute Gasteiger partial charge is 0.344 e. The van der Waals surface area contributed by atoms with E-state index in [9.17, 15) is 9.59 Å². The Labute approximate surface area is 119 Å². The molecule has 3 fully saturated rings. The number of rotatable bonds is 2. The average Bonchev–Trinajstić information content (AvgIpc) is 3.08. The van der Waals surface area contributed by atoms with Crippen LogP contribution in [-0.2, 0) is 9.59 Å². The fraction of sp³-hybridized carbons (Fsp3) is 0.857. The molecule has 0 radical (unpaired) electrons. The number of nitrogens with zero attached hydrogens (tertiary/aromatic N) is 2. The number of carbonyl (C=O) groups is 2. The number of nitrogens with two attached hydrogens (primary N) is 1. The lowest BCUT2D eigenvalue weighted by atomic mass is 10.0. The molecule has 1 unspecified atom stereocenters. The van der Waals surface area contributed by atoms with Gasteiger partial charge in [0.25, 0.3) is 0 Å². The first kappa shape index (κ1) is 13.8. The van der Waals surface area contributed by atoms with Gasteiger partial charge in [0.1, 0.15) is 6.04 Å². The second-order valence-electron chi connectivity index (χ2n) is 6.26. The molecule has 0 aromatic carbocycles. The minimum atomic E-state index is -0.281. The molecule has 2 amide bonds. The molecule has 0 aliphatic carbocycles. The van der Waals surface area contributed by atoms with Gasteiger partial charge in [0, 0.05) is 31.6 Å². The SMILES string of the molecule is NC1CCN(C2CCN(C(=O)[C@@H]3CCC(=O)N3)C2)CC1. The Morgan fingerprint density at radius 3 is 2.55 bits per heavy atom. The van der Waals surface area contributed by atoms with Crippen LogP contribution in [0.25, 0.3) is 0 Å². The summed E-state index contributed by atoms with van der Waals surface area (Å²) in [6.45, 7) is 3.72. The molecule has 3 aliphatic rings. The Bertz CT molecular complexity index is 393. The highest BCUT2D eigenvalue weighted by atomic mass is 16.2. The monoisotopic (exact) mass is 280 g/mol. The van der Waals surface area contributed by atoms with Crippen LogP contribution < -0.4 is 11.1 Å². The first-order chi connectivity index (χ1) is 9.63. The highest BCUT2D eigenvalue weighted by Crippen LogP contribution is 2.21. The molecular weight excluding hydrogens is 256 g/mol. The first-order valence-corrected chi connectivity index (χ1v) is 7.71. The number of amides is 2. The van der Waals surface area contributed by atoms with Gasteiger partial charge in [-0.15, -0.1) is 0 Å². The molecular formula is C14H24N4O2. The van der Waals surface area contributed by atoms with Gasteiger partial charge in [0.2, 0.25) is 11.8 Å². The third-order valence-electron chi connectivity index (χ3n) is 4.86. The van der Waals surface area contributed by atoms with Crippen molar-refractivity contribution in [3.8, 4) is 0 Å². The van der Waals surface area contributed by atoms with Crippen molar-refractivity contribution in [2.45, 2.75) is 50.2 Å². The lowest BCUT2D eigenvalue weighted by molar-refractivity contribution is -0.133. The molecule has 0 saturated carbocycles. The van der Waals surface area contributed by atoms with Gasteiger partial charge in [-0.2, -0.15) is 0 Å². The fourth-order valence-corrected chi connectivity index (χ4v) is 3.54. The summed E-state index contributed by atoms with van der Waals surface area (Å²) >= 11 is 0. The molecule has 3 aliphatic heterocycles. The van der Waals surface area contributed by atoms with Crippen LogP contribution in [0.15, 0.2) is 0 Å². The van der Waals surface area contributed by atoms with Gasteiger partial charge in [0.05, 0.1) is 0 Å². The van der Waals surface area contributed by atoms with Crippen molar-refractivity contribution in [2.24, 2.45) is 5.73 Å². The normalized spacial score (nSPS) is 32.6. The first-order valence-electron chi connectivity index (χ1n) is 7.71. The zero-order valence-electron chi connectivity index (χ0n) is 11.9. The Morgan fingerprint density at radius 1 is 1.15 bits per heavy atom. The van der Waals surface area contributed by atoms with Crippen molar-refractivity contribution in [3.63, 3.8) is 0 Å². The molecule has 6 nitrogen and oxygen atoms in total. The van der Waals surface area contributed by atoms with E-state index in [1.54, 1.807) is 0 Å². The van der Waals surface area contributed by atoms with E-state index in [2.05, 4.69) is 10.2 Å². The highest BCUT2D eigenvalue weighted by Gasteiger charge is 2.36. The Balaban J connectivity index is 1.51. The third kappa shape index (κ3) is 2.81. The maximum Gasteiger partial charge on any atom is 0.245 e. The second-order valence-corrected chi connectivity index (χ2v) is 6.26. The third-order valence-corrected chi connectivity index (χ3v) is 4.86. The minimum Gasteiger partial charge on any atom is -0.344 e. The molecule has 3 saturated heterocycles. The summed E-state index contributed by atoms with van der Waals surface area (Å²) in [4.78, 5) is 28.0. The van der Waals surface area contributed by atoms with E-state index in [1.807, 2.05) is 4.90 Å². The molecule has 2 atom stereocenters. The molecule has 0 spiro atoms. The summed E-state index contributed by atoms with van der Waals surface area (Å²) in [6.07, 6.45) is 4.29. The van der Waals surface area contributed by atoms with Crippen LogP contribution in [0.3, 0.4) is 0 Å². The summed E-state index contributed by atoms with van der Waals surface area (Å²) in [5.41, 5.74) is 5.94. The predicted molar refractivity (Wildman–Crippen MR) is 74.9 cm³/mol. The average molecular weight is 280 g/mol. The molecule has 3 N–H and O–H groups in total. The molecule has 3 rings (SSSR count). The second kappa shape index (κ2) is 5.69. The van der Waals surface area contributed by atoms with Crippen LogP contribution in [0.4, 0.5) is 0 Å². The molecule has 0 bridgehead atoms. The summed E-state index contributed by atoms with van der Waals surface area (Å²) in [6, 6.07) is 0.540. The standard InChI is InChI=1S/C14H24N4O2/c15-10-3-6-17(7-4-10)11-5-8-18(9-11)14(20)12-1-2-13(19)16-12/h10-12H,1-9,15H2,(H,16,19)/t11?,12-/m0/s1. The molecule has 0 aromatic heterocycles. The van der Waals surface area contributed by atoms with E-state index >= 15 is 0 Å². The van der Waals surface area contributed by atoms with Crippen LogP contribution >= 0.6 is 0 Å². The number of hydrogen-bond donors (Lipinski definition) is 2. The summed E-state index contributed by atoms with van der Waals surface area (Å²) < 4.78 is 0. The quantitative estimate of drug-likeness (QED) is 0.700. The van der Waals surface area contributed by atoms with E-state index in [4.69, 9.17) is 5.73 Å². The van der Waals surface area contributed by atoms with Crippen molar-refractivity contribution in [2.75, 3.05) is 26.2 Å². The van der Waals surface area contributed by atoms with Gasteiger partial charge in [-0.3, -0.25) is 14.5 Å². The molecule has 112 valence electrons. The zero-order valence-corrected chi connectivity index (χ0v) is 11.9. The summed E-state index contributed by atoms with van der Waals surface area (Å²) in [5.74, 6) is 0.108. The van der Waals surface area contributed by atoms with E-state index in [0.29, 0.717) is 24.9 Å². The van der Waals surface area contributed by atoms with E-state index in [1.165, 1.54) is 0 Å². The maximum absolute atomic E-state index is 12.3. The van der Waals surface area contributed by atoms with Crippen LogP contribution in [0.2, 0.25) is 0 Å². The predicted octanol–water partition coefficient (Wildman–Crippen LogP) is -0.711. The van der Waals surface area contributed by atoms with Crippen LogP contribution in [-0.4, -0.2) is 65.9 Å². The Hall–Kier alpha value is -1.14. The van der Waals surface area contributed by atoms with Gasteiger partial charge in [-0.05, 0) is 38.8 Å². The van der Waals surface area contributed by atoms with Gasteiger partial charge in [0.15, 0.2) is 0 Å².